The highest BCUT2D eigenvalue weighted by Gasteiger charge is 2.21. The van der Waals surface area contributed by atoms with Crippen LogP contribution in [0.25, 0.3) is 0 Å². The average Bonchev–Trinajstić information content (AvgIpc) is 2.96. The molecule has 7 heteroatoms. The van der Waals surface area contributed by atoms with E-state index in [1.165, 1.54) is 17.1 Å². The average molecular weight is 298 g/mol. The highest BCUT2D eigenvalue weighted by molar-refractivity contribution is 5.39. The number of alkyl halides is 2. The summed E-state index contributed by atoms with van der Waals surface area (Å²) < 4.78 is 31.5. The highest BCUT2D eigenvalue weighted by Crippen LogP contribution is 2.26. The summed E-state index contributed by atoms with van der Waals surface area (Å²) in [5, 5.41) is 7.00. The van der Waals surface area contributed by atoms with Crippen molar-refractivity contribution in [3.8, 4) is 0 Å². The van der Waals surface area contributed by atoms with Crippen LogP contribution >= 0.6 is 0 Å². The lowest BCUT2D eigenvalue weighted by Crippen LogP contribution is -2.10. The Kier molecular flexibility index (Phi) is 4.29. The van der Waals surface area contributed by atoms with Crippen LogP contribution in [0.2, 0.25) is 0 Å². The first kappa shape index (κ1) is 15.5. The second-order valence-electron chi connectivity index (χ2n) is 6.02. The minimum atomic E-state index is -2.42. The van der Waals surface area contributed by atoms with E-state index in [4.69, 9.17) is 4.42 Å². The van der Waals surface area contributed by atoms with E-state index in [0.717, 1.165) is 5.76 Å². The first-order valence-electron chi connectivity index (χ1n) is 6.79. The number of aromatic nitrogens is 3. The van der Waals surface area contributed by atoms with Crippen molar-refractivity contribution >= 4 is 5.69 Å². The largest absolute Gasteiger partial charge is 0.443 e. The van der Waals surface area contributed by atoms with Crippen LogP contribution in [0.15, 0.2) is 23.0 Å². The zero-order chi connectivity index (χ0) is 15.6. The van der Waals surface area contributed by atoms with Crippen molar-refractivity contribution in [2.45, 2.75) is 52.1 Å². The molecule has 0 aliphatic carbocycles. The molecule has 0 saturated carbocycles. The molecule has 0 spiro atoms. The molecule has 2 aromatic heterocycles. The Morgan fingerprint density at radius 1 is 1.33 bits per heavy atom. The SMILES string of the molecule is CC(Nc1cnn(CC(F)F)c1)c1ncc(C(C)(C)C)o1. The maximum absolute atomic E-state index is 12.3. The van der Waals surface area contributed by atoms with Crippen molar-refractivity contribution in [2.75, 3.05) is 5.32 Å². The topological polar surface area (TPSA) is 55.9 Å². The molecule has 21 heavy (non-hydrogen) atoms. The smallest absolute Gasteiger partial charge is 0.257 e. The second kappa shape index (κ2) is 5.83. The van der Waals surface area contributed by atoms with Gasteiger partial charge in [-0.1, -0.05) is 20.8 Å². The fraction of sp³-hybridized carbons (Fsp3) is 0.571. The summed E-state index contributed by atoms with van der Waals surface area (Å²) in [6.07, 6.45) is 2.34. The van der Waals surface area contributed by atoms with Crippen molar-refractivity contribution in [1.82, 2.24) is 14.8 Å². The van der Waals surface area contributed by atoms with Gasteiger partial charge in [-0.05, 0) is 6.92 Å². The molecular formula is C14H20F2N4O. The van der Waals surface area contributed by atoms with E-state index in [0.29, 0.717) is 11.6 Å². The first-order valence-corrected chi connectivity index (χ1v) is 6.79. The zero-order valence-electron chi connectivity index (χ0n) is 12.6. The van der Waals surface area contributed by atoms with Gasteiger partial charge < -0.3 is 9.73 Å². The summed E-state index contributed by atoms with van der Waals surface area (Å²) in [5.41, 5.74) is 0.547. The number of nitrogens with zero attached hydrogens (tertiary/aromatic N) is 3. The molecule has 2 rings (SSSR count). The number of nitrogens with one attached hydrogen (secondary N) is 1. The second-order valence-corrected chi connectivity index (χ2v) is 6.02. The molecule has 0 aromatic carbocycles. The number of hydrogen-bond acceptors (Lipinski definition) is 4. The monoisotopic (exact) mass is 298 g/mol. The lowest BCUT2D eigenvalue weighted by molar-refractivity contribution is 0.122. The maximum atomic E-state index is 12.3. The number of oxazole rings is 1. The molecule has 0 aliphatic rings. The fourth-order valence-corrected chi connectivity index (χ4v) is 1.83. The summed E-state index contributed by atoms with van der Waals surface area (Å²) in [4.78, 5) is 4.26. The Balaban J connectivity index is 2.02. The van der Waals surface area contributed by atoms with Crippen molar-refractivity contribution in [1.29, 1.82) is 0 Å². The van der Waals surface area contributed by atoms with Gasteiger partial charge in [0.25, 0.3) is 6.43 Å². The predicted molar refractivity (Wildman–Crippen MR) is 75.5 cm³/mol. The van der Waals surface area contributed by atoms with E-state index < -0.39 is 13.0 Å². The van der Waals surface area contributed by atoms with Crippen LogP contribution in [0.5, 0.6) is 0 Å². The van der Waals surface area contributed by atoms with E-state index in [2.05, 4.69) is 15.4 Å². The molecule has 0 amide bonds. The third kappa shape index (κ3) is 4.03. The molecule has 116 valence electrons. The van der Waals surface area contributed by atoms with Crippen molar-refractivity contribution in [3.05, 3.63) is 30.2 Å². The molecule has 2 aromatic rings. The molecule has 5 nitrogen and oxygen atoms in total. The van der Waals surface area contributed by atoms with E-state index >= 15 is 0 Å². The molecule has 0 aliphatic heterocycles. The predicted octanol–water partition coefficient (Wildman–Crippen LogP) is 3.61. The van der Waals surface area contributed by atoms with Crippen LogP contribution < -0.4 is 5.32 Å². The first-order chi connectivity index (χ1) is 9.75. The van der Waals surface area contributed by atoms with E-state index in [-0.39, 0.29) is 11.5 Å². The lowest BCUT2D eigenvalue weighted by Gasteiger charge is -2.14. The van der Waals surface area contributed by atoms with Crippen molar-refractivity contribution < 1.29 is 13.2 Å². The van der Waals surface area contributed by atoms with Gasteiger partial charge in [0.15, 0.2) is 0 Å². The van der Waals surface area contributed by atoms with Crippen molar-refractivity contribution in [2.24, 2.45) is 0 Å². The molecule has 2 heterocycles. The van der Waals surface area contributed by atoms with Crippen molar-refractivity contribution in [3.63, 3.8) is 0 Å². The lowest BCUT2D eigenvalue weighted by atomic mass is 9.94. The standard InChI is InChI=1S/C14H20F2N4O/c1-9(13-17-6-11(21-13)14(2,3)4)19-10-5-18-20(7-10)8-12(15)16/h5-7,9,12,19H,8H2,1-4H3. The van der Waals surface area contributed by atoms with Crippen LogP contribution in [0.3, 0.4) is 0 Å². The van der Waals surface area contributed by atoms with Crippen LogP contribution in [0.4, 0.5) is 14.5 Å². The third-order valence-electron chi connectivity index (χ3n) is 2.97. The minimum Gasteiger partial charge on any atom is -0.443 e. The zero-order valence-corrected chi connectivity index (χ0v) is 12.6. The number of rotatable bonds is 5. The molecule has 1 atom stereocenters. The van der Waals surface area contributed by atoms with Crippen LogP contribution in [-0.4, -0.2) is 21.2 Å². The van der Waals surface area contributed by atoms with E-state index in [1.54, 1.807) is 6.20 Å². The quantitative estimate of drug-likeness (QED) is 0.916. The summed E-state index contributed by atoms with van der Waals surface area (Å²) in [6.45, 7) is 7.61. The van der Waals surface area contributed by atoms with Gasteiger partial charge in [-0.25, -0.2) is 13.8 Å². The Hall–Kier alpha value is -1.92. The van der Waals surface area contributed by atoms with Crippen LogP contribution in [0.1, 0.15) is 45.4 Å². The number of anilines is 1. The molecular weight excluding hydrogens is 278 g/mol. The Labute approximate surface area is 122 Å². The van der Waals surface area contributed by atoms with Gasteiger partial charge in [-0.2, -0.15) is 5.10 Å². The molecule has 0 radical (unpaired) electrons. The van der Waals surface area contributed by atoms with E-state index in [1.807, 2.05) is 27.7 Å². The van der Waals surface area contributed by atoms with Gasteiger partial charge in [-0.15, -0.1) is 0 Å². The van der Waals surface area contributed by atoms with Crippen LogP contribution in [-0.2, 0) is 12.0 Å². The number of halogens is 2. The number of hydrogen-bond donors (Lipinski definition) is 1. The fourth-order valence-electron chi connectivity index (χ4n) is 1.83. The Morgan fingerprint density at radius 2 is 2.05 bits per heavy atom. The Bertz CT molecular complexity index is 586. The normalized spacial score (nSPS) is 13.7. The van der Waals surface area contributed by atoms with Gasteiger partial charge in [-0.3, -0.25) is 4.68 Å². The Morgan fingerprint density at radius 3 is 2.62 bits per heavy atom. The van der Waals surface area contributed by atoms with Gasteiger partial charge in [0.2, 0.25) is 5.89 Å². The van der Waals surface area contributed by atoms with Gasteiger partial charge >= 0.3 is 0 Å². The molecule has 1 N–H and O–H groups in total. The molecule has 0 saturated heterocycles. The third-order valence-corrected chi connectivity index (χ3v) is 2.97. The van der Waals surface area contributed by atoms with E-state index in [9.17, 15) is 8.78 Å². The highest BCUT2D eigenvalue weighted by atomic mass is 19.3. The minimum absolute atomic E-state index is 0.104. The van der Waals surface area contributed by atoms with Crippen LogP contribution in [0, 0.1) is 0 Å². The molecule has 0 bridgehead atoms. The van der Waals surface area contributed by atoms with Gasteiger partial charge in [0.1, 0.15) is 18.3 Å². The summed E-state index contributed by atoms with van der Waals surface area (Å²) in [5.74, 6) is 1.36. The summed E-state index contributed by atoms with van der Waals surface area (Å²) >= 11 is 0. The summed E-state index contributed by atoms with van der Waals surface area (Å²) in [7, 11) is 0. The maximum Gasteiger partial charge on any atom is 0.257 e. The van der Waals surface area contributed by atoms with Gasteiger partial charge in [0.05, 0.1) is 18.1 Å². The summed E-state index contributed by atoms with van der Waals surface area (Å²) in [6, 6.07) is -0.176. The molecule has 1 unspecified atom stereocenters. The van der Waals surface area contributed by atoms with Gasteiger partial charge in [0, 0.05) is 11.6 Å². The molecule has 0 fully saturated rings.